The quantitative estimate of drug-likeness (QED) is 0.577. The van der Waals surface area contributed by atoms with Gasteiger partial charge in [0.05, 0.1) is 43.1 Å². The van der Waals surface area contributed by atoms with Crippen molar-refractivity contribution in [2.24, 2.45) is 5.16 Å². The highest BCUT2D eigenvalue weighted by atomic mass is 19.1. The number of ether oxygens (including phenoxy) is 2. The molecule has 0 aliphatic carbocycles. The number of rotatable bonds is 6. The second-order valence-electron chi connectivity index (χ2n) is 8.71. The molecular weight excluding hydrogens is 451 g/mol. The molecule has 2 atom stereocenters. The summed E-state index contributed by atoms with van der Waals surface area (Å²) in [5.74, 6) is 1.37. The summed E-state index contributed by atoms with van der Waals surface area (Å²) in [5.41, 5.74) is 2.19. The van der Waals surface area contributed by atoms with E-state index < -0.39 is 17.6 Å². The molecule has 5 rings (SSSR count). The molecule has 0 radical (unpaired) electrons. The average Bonchev–Trinajstić information content (AvgIpc) is 3.42. The van der Waals surface area contributed by atoms with Gasteiger partial charge in [-0.05, 0) is 55.8 Å². The normalized spacial score (nSPS) is 19.9. The summed E-state index contributed by atoms with van der Waals surface area (Å²) in [6, 6.07) is 10.2. The van der Waals surface area contributed by atoms with Crippen molar-refractivity contribution in [1.29, 1.82) is 0 Å². The average molecular weight is 479 g/mol. The molecule has 3 aromatic rings. The van der Waals surface area contributed by atoms with Crippen molar-refractivity contribution in [3.63, 3.8) is 0 Å². The van der Waals surface area contributed by atoms with Crippen molar-refractivity contribution in [1.82, 2.24) is 14.5 Å². The molecule has 1 spiro atoms. The summed E-state index contributed by atoms with van der Waals surface area (Å²) < 4.78 is 27.4. The second kappa shape index (κ2) is 9.07. The SMILES string of the molecule is COc1cc(/C=C/C2=NO[C@]3(CCOc4ccc(F)cc43)N2C[C@H](C)O)ccc1-n1cnc(C)c1. The molecule has 35 heavy (non-hydrogen) atoms. The van der Waals surface area contributed by atoms with Crippen LogP contribution in [-0.2, 0) is 10.6 Å². The summed E-state index contributed by atoms with van der Waals surface area (Å²) >= 11 is 0. The van der Waals surface area contributed by atoms with E-state index in [1.54, 1.807) is 26.4 Å². The molecule has 2 aliphatic rings. The van der Waals surface area contributed by atoms with Gasteiger partial charge in [0.25, 0.3) is 0 Å². The Morgan fingerprint density at radius 1 is 1.26 bits per heavy atom. The third kappa shape index (κ3) is 4.23. The molecule has 0 bridgehead atoms. The van der Waals surface area contributed by atoms with E-state index in [4.69, 9.17) is 14.3 Å². The number of aliphatic hydroxyl groups excluding tert-OH is 1. The van der Waals surface area contributed by atoms with Gasteiger partial charge in [0, 0.05) is 19.2 Å². The third-order valence-corrected chi connectivity index (χ3v) is 6.13. The lowest BCUT2D eigenvalue weighted by Crippen LogP contribution is -2.51. The van der Waals surface area contributed by atoms with E-state index in [0.717, 1.165) is 16.9 Å². The number of imidazole rings is 1. The maximum atomic E-state index is 14.2. The van der Waals surface area contributed by atoms with E-state index in [1.807, 2.05) is 52.9 Å². The van der Waals surface area contributed by atoms with E-state index in [9.17, 15) is 9.50 Å². The molecule has 0 fully saturated rings. The Labute approximate surface area is 202 Å². The molecule has 1 N–H and O–H groups in total. The number of aliphatic hydroxyl groups is 1. The molecular formula is C26H27FN4O4. The number of benzene rings is 2. The van der Waals surface area contributed by atoms with Crippen molar-refractivity contribution >= 4 is 11.9 Å². The zero-order chi connectivity index (χ0) is 24.6. The first-order valence-corrected chi connectivity index (χ1v) is 11.4. The smallest absolute Gasteiger partial charge is 0.244 e. The number of amidine groups is 1. The zero-order valence-electron chi connectivity index (χ0n) is 19.8. The predicted octanol–water partition coefficient (Wildman–Crippen LogP) is 4.00. The van der Waals surface area contributed by atoms with Crippen LogP contribution in [0.2, 0.25) is 0 Å². The lowest BCUT2D eigenvalue weighted by Gasteiger charge is -2.41. The highest BCUT2D eigenvalue weighted by Crippen LogP contribution is 2.46. The largest absolute Gasteiger partial charge is 0.495 e. The van der Waals surface area contributed by atoms with Crippen LogP contribution in [-0.4, -0.2) is 51.8 Å². The van der Waals surface area contributed by atoms with Crippen molar-refractivity contribution in [3.05, 3.63) is 77.6 Å². The minimum atomic E-state index is -1.05. The Morgan fingerprint density at radius 2 is 2.11 bits per heavy atom. The molecule has 3 heterocycles. The van der Waals surface area contributed by atoms with Crippen LogP contribution in [0.3, 0.4) is 0 Å². The van der Waals surface area contributed by atoms with Gasteiger partial charge in [0.1, 0.15) is 17.3 Å². The monoisotopic (exact) mass is 478 g/mol. The van der Waals surface area contributed by atoms with Gasteiger partial charge in [-0.15, -0.1) is 0 Å². The van der Waals surface area contributed by atoms with Gasteiger partial charge in [-0.25, -0.2) is 9.37 Å². The van der Waals surface area contributed by atoms with Crippen LogP contribution >= 0.6 is 0 Å². The van der Waals surface area contributed by atoms with E-state index in [0.29, 0.717) is 35.9 Å². The molecule has 8 nitrogen and oxygen atoms in total. The van der Waals surface area contributed by atoms with Crippen LogP contribution in [0.15, 0.2) is 60.2 Å². The van der Waals surface area contributed by atoms with Gasteiger partial charge in [-0.3, -0.25) is 0 Å². The molecule has 0 unspecified atom stereocenters. The van der Waals surface area contributed by atoms with Gasteiger partial charge in [0.2, 0.25) is 5.72 Å². The summed E-state index contributed by atoms with van der Waals surface area (Å²) in [6.45, 7) is 4.26. The second-order valence-corrected chi connectivity index (χ2v) is 8.71. The highest BCUT2D eigenvalue weighted by molar-refractivity contribution is 5.97. The fraction of sp³-hybridized carbons (Fsp3) is 0.308. The van der Waals surface area contributed by atoms with Gasteiger partial charge in [-0.1, -0.05) is 17.3 Å². The maximum absolute atomic E-state index is 14.2. The number of fused-ring (bicyclic) bond motifs is 2. The Kier molecular flexibility index (Phi) is 5.94. The van der Waals surface area contributed by atoms with Gasteiger partial charge < -0.3 is 28.9 Å². The lowest BCUT2D eigenvalue weighted by atomic mass is 9.93. The van der Waals surface area contributed by atoms with Crippen LogP contribution in [0.5, 0.6) is 11.5 Å². The predicted molar refractivity (Wildman–Crippen MR) is 129 cm³/mol. The zero-order valence-corrected chi connectivity index (χ0v) is 19.8. The molecule has 0 saturated heterocycles. The highest BCUT2D eigenvalue weighted by Gasteiger charge is 2.51. The van der Waals surface area contributed by atoms with Crippen LogP contribution in [0, 0.1) is 12.7 Å². The molecule has 182 valence electrons. The Balaban J connectivity index is 1.46. The number of oxime groups is 1. The maximum Gasteiger partial charge on any atom is 0.244 e. The standard InChI is InChI=1S/C26H27FN4O4/c1-17-14-30(16-28-17)22-7-4-19(12-24(22)33-3)5-9-25-29-35-26(31(25)15-18(2)32)10-11-34-23-8-6-20(27)13-21(23)26/h4-9,12-14,16,18,32H,10-11,15H2,1-3H3/b9-5+/t18-,26-/m0/s1. The van der Waals surface area contributed by atoms with E-state index >= 15 is 0 Å². The minimum Gasteiger partial charge on any atom is -0.495 e. The minimum absolute atomic E-state index is 0.251. The van der Waals surface area contributed by atoms with Crippen LogP contribution < -0.4 is 9.47 Å². The Hall–Kier alpha value is -3.85. The van der Waals surface area contributed by atoms with Crippen molar-refractivity contribution in [2.45, 2.75) is 32.1 Å². The Bertz CT molecular complexity index is 1300. The molecule has 9 heteroatoms. The van der Waals surface area contributed by atoms with Crippen LogP contribution in [0.1, 0.15) is 30.2 Å². The van der Waals surface area contributed by atoms with Crippen LogP contribution in [0.4, 0.5) is 4.39 Å². The summed E-state index contributed by atoms with van der Waals surface area (Å²) in [7, 11) is 1.63. The molecule has 2 aliphatic heterocycles. The van der Waals surface area contributed by atoms with Gasteiger partial charge in [0.15, 0.2) is 5.84 Å². The van der Waals surface area contributed by atoms with Crippen molar-refractivity contribution in [3.8, 4) is 17.2 Å². The number of hydrogen-bond donors (Lipinski definition) is 1. The van der Waals surface area contributed by atoms with Gasteiger partial charge >= 0.3 is 0 Å². The van der Waals surface area contributed by atoms with Crippen molar-refractivity contribution in [2.75, 3.05) is 20.3 Å². The van der Waals surface area contributed by atoms with Crippen molar-refractivity contribution < 1.29 is 23.8 Å². The molecule has 0 saturated carbocycles. The number of aromatic nitrogens is 2. The number of halogens is 1. The first-order valence-electron chi connectivity index (χ1n) is 11.4. The number of hydrogen-bond acceptors (Lipinski definition) is 7. The number of nitrogens with zero attached hydrogens (tertiary/aromatic N) is 4. The lowest BCUT2D eigenvalue weighted by molar-refractivity contribution is -0.133. The number of aryl methyl sites for hydroxylation is 1. The summed E-state index contributed by atoms with van der Waals surface area (Å²) in [6.07, 6.45) is 7.17. The fourth-order valence-corrected chi connectivity index (χ4v) is 4.51. The van der Waals surface area contributed by atoms with E-state index in [1.165, 1.54) is 12.1 Å². The summed E-state index contributed by atoms with van der Waals surface area (Å²) in [4.78, 5) is 12.1. The first kappa shape index (κ1) is 22.9. The number of β-amino-alcohol motifs (C(OH)–C–C–N with tert-alkyl or cyclic N) is 1. The summed E-state index contributed by atoms with van der Waals surface area (Å²) in [5, 5.41) is 14.6. The Morgan fingerprint density at radius 3 is 2.86 bits per heavy atom. The third-order valence-electron chi connectivity index (χ3n) is 6.13. The first-order chi connectivity index (χ1) is 16.9. The fourth-order valence-electron chi connectivity index (χ4n) is 4.51. The topological polar surface area (TPSA) is 81.3 Å². The molecule has 0 amide bonds. The van der Waals surface area contributed by atoms with E-state index in [2.05, 4.69) is 10.1 Å². The molecule has 1 aromatic heterocycles. The molecule has 2 aromatic carbocycles. The van der Waals surface area contributed by atoms with E-state index in [-0.39, 0.29) is 6.54 Å². The van der Waals surface area contributed by atoms with Crippen LogP contribution in [0.25, 0.3) is 11.8 Å². The number of methoxy groups -OCH3 is 1. The van der Waals surface area contributed by atoms with Gasteiger partial charge in [-0.2, -0.15) is 0 Å².